The third-order valence-corrected chi connectivity index (χ3v) is 7.80. The minimum atomic E-state index is -3.45. The van der Waals surface area contributed by atoms with E-state index >= 15 is 0 Å². The van der Waals surface area contributed by atoms with Gasteiger partial charge in [0.15, 0.2) is 11.5 Å². The molecule has 212 valence electrons. The summed E-state index contributed by atoms with van der Waals surface area (Å²) in [5.41, 5.74) is -0.342. The Labute approximate surface area is 227 Å². The lowest BCUT2D eigenvalue weighted by Crippen LogP contribution is -2.42. The van der Waals surface area contributed by atoms with Crippen molar-refractivity contribution in [3.05, 3.63) is 41.0 Å². The number of phenols is 1. The molecule has 0 aromatic heterocycles. The van der Waals surface area contributed by atoms with E-state index in [1.807, 2.05) is 27.7 Å². The second-order valence-electron chi connectivity index (χ2n) is 8.96. The summed E-state index contributed by atoms with van der Waals surface area (Å²) in [6, 6.07) is 2.92. The SMILES string of the molecule is COc1cc(OC)c(C(=O)NC2=NC(C(=O)NCCN(C(C)C)C(C)C)=CS23OC(=O)C=CC(=O)O3)cc1O. The number of methoxy groups -OCH3 is 2. The van der Waals surface area contributed by atoms with Crippen LogP contribution in [-0.4, -0.2) is 78.3 Å². The Kier molecular flexibility index (Phi) is 9.24. The lowest BCUT2D eigenvalue weighted by atomic mass is 10.1. The van der Waals surface area contributed by atoms with E-state index in [9.17, 15) is 24.3 Å². The Morgan fingerprint density at radius 2 is 1.59 bits per heavy atom. The molecule has 0 bridgehead atoms. The van der Waals surface area contributed by atoms with Crippen LogP contribution in [0.4, 0.5) is 0 Å². The highest BCUT2D eigenvalue weighted by Gasteiger charge is 2.42. The number of carbonyl (C=O) groups excluding carboxylic acids is 4. The Morgan fingerprint density at radius 3 is 2.13 bits per heavy atom. The minimum Gasteiger partial charge on any atom is -0.504 e. The first-order chi connectivity index (χ1) is 18.4. The standard InChI is InChI=1S/C25H32N4O9S/c1-14(2)29(15(3)4)10-9-26-24(34)17-13-39(37-21(31)7-8-22(32)38-39)25(27-17)28-23(33)16-11-18(30)20(36-6)12-19(16)35-5/h7-8,11-15,30H,9-10H2,1-6H3,(H,26,34)(H,27,28,33). The molecule has 0 fully saturated rings. The summed E-state index contributed by atoms with van der Waals surface area (Å²) in [5.74, 6) is -3.56. The highest BCUT2D eigenvalue weighted by atomic mass is 32.3. The van der Waals surface area contributed by atoms with Gasteiger partial charge in [-0.15, -0.1) is 0 Å². The number of amidine groups is 1. The highest BCUT2D eigenvalue weighted by Crippen LogP contribution is 2.58. The third kappa shape index (κ3) is 6.70. The van der Waals surface area contributed by atoms with Crippen LogP contribution >= 0.6 is 10.6 Å². The van der Waals surface area contributed by atoms with Crippen LogP contribution < -0.4 is 20.1 Å². The number of hydrogen-bond acceptors (Lipinski definition) is 11. The topological polar surface area (TPSA) is 165 Å². The molecular formula is C25H32N4O9S. The molecule has 2 heterocycles. The molecule has 14 heteroatoms. The van der Waals surface area contributed by atoms with Crippen molar-refractivity contribution >= 4 is 39.5 Å². The van der Waals surface area contributed by atoms with Crippen molar-refractivity contribution < 1.29 is 42.1 Å². The fourth-order valence-electron chi connectivity index (χ4n) is 3.91. The Hall–Kier alpha value is -4.04. The van der Waals surface area contributed by atoms with Gasteiger partial charge in [0.1, 0.15) is 11.4 Å². The first-order valence-electron chi connectivity index (χ1n) is 12.0. The van der Waals surface area contributed by atoms with Crippen molar-refractivity contribution in [3.63, 3.8) is 0 Å². The monoisotopic (exact) mass is 564 g/mol. The fourth-order valence-corrected chi connectivity index (χ4v) is 5.82. The number of phenolic OH excluding ortho intramolecular Hbond substituents is 1. The number of aromatic hydroxyl groups is 1. The zero-order chi connectivity index (χ0) is 28.9. The van der Waals surface area contributed by atoms with Gasteiger partial charge in [-0.05, 0) is 38.3 Å². The molecule has 0 aliphatic carbocycles. The van der Waals surface area contributed by atoms with Crippen LogP contribution in [0.5, 0.6) is 17.2 Å². The average molecular weight is 565 g/mol. The smallest absolute Gasteiger partial charge is 0.354 e. The number of hydrogen-bond donors (Lipinski definition) is 3. The maximum absolute atomic E-state index is 13.2. The lowest BCUT2D eigenvalue weighted by Gasteiger charge is -2.34. The Balaban J connectivity index is 1.90. The van der Waals surface area contributed by atoms with Gasteiger partial charge in [-0.2, -0.15) is 0 Å². The van der Waals surface area contributed by atoms with Crippen molar-refractivity contribution in [1.82, 2.24) is 15.5 Å². The van der Waals surface area contributed by atoms with Crippen molar-refractivity contribution in [1.29, 1.82) is 0 Å². The molecule has 39 heavy (non-hydrogen) atoms. The first-order valence-corrected chi connectivity index (χ1v) is 13.5. The van der Waals surface area contributed by atoms with Gasteiger partial charge in [-0.3, -0.25) is 19.8 Å². The molecule has 3 rings (SSSR count). The Bertz CT molecular complexity index is 1230. The summed E-state index contributed by atoms with van der Waals surface area (Å²) >= 11 is 0. The molecule has 2 amide bonds. The third-order valence-electron chi connectivity index (χ3n) is 5.71. The van der Waals surface area contributed by atoms with Crippen LogP contribution in [0, 0.1) is 0 Å². The van der Waals surface area contributed by atoms with E-state index in [-0.39, 0.29) is 52.3 Å². The van der Waals surface area contributed by atoms with Crippen molar-refractivity contribution in [2.24, 2.45) is 4.99 Å². The maximum atomic E-state index is 13.2. The zero-order valence-corrected chi connectivity index (χ0v) is 23.3. The predicted molar refractivity (Wildman–Crippen MR) is 143 cm³/mol. The quantitative estimate of drug-likeness (QED) is 0.403. The van der Waals surface area contributed by atoms with Gasteiger partial charge in [0.25, 0.3) is 11.8 Å². The summed E-state index contributed by atoms with van der Waals surface area (Å²) in [7, 11) is -0.806. The molecule has 0 unspecified atom stereocenters. The number of ether oxygens (including phenoxy) is 2. The molecule has 2 aliphatic heterocycles. The molecule has 0 saturated carbocycles. The van der Waals surface area contributed by atoms with Gasteiger partial charge in [0.2, 0.25) is 5.17 Å². The van der Waals surface area contributed by atoms with Crippen molar-refractivity contribution in [2.75, 3.05) is 27.3 Å². The number of carbonyl (C=O) groups is 4. The van der Waals surface area contributed by atoms with Crippen LogP contribution in [0.25, 0.3) is 0 Å². The fraction of sp³-hybridized carbons (Fsp3) is 0.400. The summed E-state index contributed by atoms with van der Waals surface area (Å²) in [6.07, 6.45) is 1.73. The van der Waals surface area contributed by atoms with Crippen LogP contribution in [0.3, 0.4) is 0 Å². The van der Waals surface area contributed by atoms with Crippen molar-refractivity contribution in [3.8, 4) is 17.2 Å². The minimum absolute atomic E-state index is 0.0482. The molecule has 3 N–H and O–H groups in total. The van der Waals surface area contributed by atoms with Gasteiger partial charge >= 0.3 is 11.9 Å². The number of benzene rings is 1. The molecule has 1 aromatic rings. The maximum Gasteiger partial charge on any atom is 0.354 e. The van der Waals surface area contributed by atoms with Crippen LogP contribution in [0.2, 0.25) is 0 Å². The van der Waals surface area contributed by atoms with Gasteiger partial charge in [0.05, 0.1) is 25.2 Å². The van der Waals surface area contributed by atoms with E-state index in [1.165, 1.54) is 20.3 Å². The van der Waals surface area contributed by atoms with Crippen LogP contribution in [-0.2, 0) is 22.7 Å². The van der Waals surface area contributed by atoms with Gasteiger partial charge < -0.3 is 28.3 Å². The van der Waals surface area contributed by atoms with Crippen molar-refractivity contribution in [2.45, 2.75) is 39.8 Å². The molecule has 2 aliphatic rings. The van der Waals surface area contributed by atoms with E-state index in [0.29, 0.717) is 6.54 Å². The van der Waals surface area contributed by atoms with Gasteiger partial charge in [-0.25, -0.2) is 14.6 Å². The summed E-state index contributed by atoms with van der Waals surface area (Å²) in [5, 5.41) is 16.1. The Morgan fingerprint density at radius 1 is 1.00 bits per heavy atom. The molecule has 0 atom stereocenters. The van der Waals surface area contributed by atoms with E-state index in [2.05, 4.69) is 20.5 Å². The molecule has 0 radical (unpaired) electrons. The summed E-state index contributed by atoms with van der Waals surface area (Å²) in [4.78, 5) is 57.1. The molecular weight excluding hydrogens is 532 g/mol. The molecule has 1 aromatic carbocycles. The second kappa shape index (κ2) is 12.2. The molecule has 1 spiro atoms. The number of aliphatic imine (C=N–C) groups is 1. The van der Waals surface area contributed by atoms with Gasteiger partial charge in [0, 0.05) is 49.5 Å². The number of nitrogens with zero attached hydrogens (tertiary/aromatic N) is 2. The van der Waals surface area contributed by atoms with Crippen LogP contribution in [0.1, 0.15) is 38.1 Å². The van der Waals surface area contributed by atoms with E-state index in [4.69, 9.17) is 17.8 Å². The first kappa shape index (κ1) is 29.5. The summed E-state index contributed by atoms with van der Waals surface area (Å²) in [6.45, 7) is 9.05. The number of nitrogens with one attached hydrogen (secondary N) is 2. The zero-order valence-electron chi connectivity index (χ0n) is 22.5. The summed E-state index contributed by atoms with van der Waals surface area (Å²) < 4.78 is 21.0. The normalized spacial score (nSPS) is 16.8. The number of rotatable bonds is 9. The van der Waals surface area contributed by atoms with Crippen LogP contribution in [0.15, 0.2) is 40.4 Å². The largest absolute Gasteiger partial charge is 0.504 e. The molecule has 0 saturated heterocycles. The predicted octanol–water partition coefficient (Wildman–Crippen LogP) is 1.88. The van der Waals surface area contributed by atoms with Gasteiger partial charge in [-0.1, -0.05) is 0 Å². The highest BCUT2D eigenvalue weighted by molar-refractivity contribution is 8.41. The lowest BCUT2D eigenvalue weighted by molar-refractivity contribution is -0.129. The molecule has 13 nitrogen and oxygen atoms in total. The second-order valence-corrected chi connectivity index (χ2v) is 11.0. The van der Waals surface area contributed by atoms with E-state index < -0.39 is 34.3 Å². The number of amides is 2. The van der Waals surface area contributed by atoms with E-state index in [1.54, 1.807) is 0 Å². The average Bonchev–Trinajstić information content (AvgIpc) is 3.12. The van der Waals surface area contributed by atoms with E-state index in [0.717, 1.165) is 23.6 Å².